The summed E-state index contributed by atoms with van der Waals surface area (Å²) in [5, 5.41) is 3.58. The molecule has 0 aliphatic carbocycles. The molecule has 1 atom stereocenters. The molecule has 1 N–H and O–H groups in total. The summed E-state index contributed by atoms with van der Waals surface area (Å²) in [6, 6.07) is 7.35. The van der Waals surface area contributed by atoms with Gasteiger partial charge in [0, 0.05) is 36.8 Å². The van der Waals surface area contributed by atoms with E-state index < -0.39 is 0 Å². The van der Waals surface area contributed by atoms with E-state index in [9.17, 15) is 0 Å². The molecule has 0 bridgehead atoms. The number of hydrogen-bond acceptors (Lipinski definition) is 2. The van der Waals surface area contributed by atoms with Crippen molar-refractivity contribution >= 4 is 5.69 Å². The van der Waals surface area contributed by atoms with Crippen molar-refractivity contribution in [3.8, 4) is 0 Å². The lowest BCUT2D eigenvalue weighted by atomic mass is 9.86. The summed E-state index contributed by atoms with van der Waals surface area (Å²) in [4.78, 5) is 2.56. The number of para-hydroxylation sites is 1. The Labute approximate surface area is 97.6 Å². The first kappa shape index (κ1) is 10.2. The zero-order valence-corrected chi connectivity index (χ0v) is 10.4. The first-order valence-corrected chi connectivity index (χ1v) is 6.19. The number of rotatable bonds is 0. The van der Waals surface area contributed by atoms with Crippen LogP contribution in [0.15, 0.2) is 18.2 Å². The minimum absolute atomic E-state index is 0.308. The van der Waals surface area contributed by atoms with Crippen molar-refractivity contribution in [2.24, 2.45) is 0 Å². The third-order valence-electron chi connectivity index (χ3n) is 3.89. The van der Waals surface area contributed by atoms with Crippen molar-refractivity contribution in [1.29, 1.82) is 0 Å². The van der Waals surface area contributed by atoms with E-state index in [1.54, 1.807) is 0 Å². The lowest BCUT2D eigenvalue weighted by Crippen LogP contribution is -2.37. The fraction of sp³-hybridized carbons (Fsp3) is 0.571. The fourth-order valence-corrected chi connectivity index (χ4v) is 3.13. The molecule has 0 saturated heterocycles. The summed E-state index contributed by atoms with van der Waals surface area (Å²) >= 11 is 0. The van der Waals surface area contributed by atoms with E-state index >= 15 is 0 Å². The van der Waals surface area contributed by atoms with Crippen molar-refractivity contribution in [3.63, 3.8) is 0 Å². The van der Waals surface area contributed by atoms with Crippen LogP contribution < -0.4 is 10.2 Å². The van der Waals surface area contributed by atoms with Gasteiger partial charge in [0.1, 0.15) is 0 Å². The lowest BCUT2D eigenvalue weighted by Gasteiger charge is -2.24. The van der Waals surface area contributed by atoms with E-state index in [-0.39, 0.29) is 0 Å². The number of benzene rings is 1. The summed E-state index contributed by atoms with van der Waals surface area (Å²) in [6.45, 7) is 10.3. The Bertz CT molecular complexity index is 423. The molecule has 1 unspecified atom stereocenters. The second-order valence-electron chi connectivity index (χ2n) is 5.86. The first-order chi connectivity index (χ1) is 7.58. The lowest BCUT2D eigenvalue weighted by molar-refractivity contribution is 0.509. The van der Waals surface area contributed by atoms with Crippen LogP contribution in [0.1, 0.15) is 31.9 Å². The molecule has 0 amide bonds. The maximum Gasteiger partial charge on any atom is 0.0451 e. The highest BCUT2D eigenvalue weighted by Crippen LogP contribution is 2.43. The van der Waals surface area contributed by atoms with Gasteiger partial charge in [-0.2, -0.15) is 0 Å². The molecule has 0 radical (unpaired) electrons. The highest BCUT2D eigenvalue weighted by molar-refractivity contribution is 5.67. The van der Waals surface area contributed by atoms with Crippen LogP contribution in [0.4, 0.5) is 5.69 Å². The summed E-state index contributed by atoms with van der Waals surface area (Å²) in [6.07, 6.45) is 0. The quantitative estimate of drug-likeness (QED) is 0.715. The number of hydrogen-bond donors (Lipinski definition) is 1. The molecular formula is C14H20N2. The van der Waals surface area contributed by atoms with Gasteiger partial charge < -0.3 is 10.2 Å². The molecule has 1 aromatic rings. The van der Waals surface area contributed by atoms with Crippen LogP contribution in [0.5, 0.6) is 0 Å². The second-order valence-corrected chi connectivity index (χ2v) is 5.86. The molecule has 0 spiro atoms. The minimum atomic E-state index is 0.308. The Hall–Kier alpha value is -1.02. The first-order valence-electron chi connectivity index (χ1n) is 6.19. The molecule has 2 heteroatoms. The van der Waals surface area contributed by atoms with Crippen molar-refractivity contribution in [3.05, 3.63) is 29.3 Å². The van der Waals surface area contributed by atoms with Crippen LogP contribution in [-0.2, 0) is 12.0 Å². The smallest absolute Gasteiger partial charge is 0.0451 e. The van der Waals surface area contributed by atoms with E-state index in [0.29, 0.717) is 11.5 Å². The Kier molecular flexibility index (Phi) is 2.05. The highest BCUT2D eigenvalue weighted by Gasteiger charge is 2.37. The maximum atomic E-state index is 3.58. The Morgan fingerprint density at radius 1 is 1.38 bits per heavy atom. The van der Waals surface area contributed by atoms with Gasteiger partial charge in [-0.3, -0.25) is 0 Å². The molecular weight excluding hydrogens is 196 g/mol. The fourth-order valence-electron chi connectivity index (χ4n) is 3.13. The summed E-state index contributed by atoms with van der Waals surface area (Å²) < 4.78 is 0. The standard InChI is InChI=1S/C14H20N2/c1-10-8-16-9-14(2,3)12-6-4-5-11(7-15-10)13(12)16/h4-6,10,15H,7-9H2,1-3H3. The minimum Gasteiger partial charge on any atom is -0.369 e. The highest BCUT2D eigenvalue weighted by atomic mass is 15.2. The van der Waals surface area contributed by atoms with Crippen LogP contribution >= 0.6 is 0 Å². The SMILES string of the molecule is CC1CN2CC(C)(C)c3cccc(c32)CN1. The second kappa shape index (κ2) is 3.24. The van der Waals surface area contributed by atoms with Gasteiger partial charge >= 0.3 is 0 Å². The molecule has 0 fully saturated rings. The van der Waals surface area contributed by atoms with Crippen LogP contribution in [0.2, 0.25) is 0 Å². The molecule has 2 heterocycles. The summed E-state index contributed by atoms with van der Waals surface area (Å²) in [5.41, 5.74) is 4.81. The Morgan fingerprint density at radius 2 is 2.19 bits per heavy atom. The Morgan fingerprint density at radius 3 is 3.00 bits per heavy atom. The van der Waals surface area contributed by atoms with Gasteiger partial charge in [0.2, 0.25) is 0 Å². The van der Waals surface area contributed by atoms with Crippen LogP contribution in [0, 0.1) is 0 Å². The zero-order valence-electron chi connectivity index (χ0n) is 10.4. The average Bonchev–Trinajstić information content (AvgIpc) is 2.39. The predicted molar refractivity (Wildman–Crippen MR) is 68.0 cm³/mol. The van der Waals surface area contributed by atoms with Gasteiger partial charge in [-0.05, 0) is 18.1 Å². The van der Waals surface area contributed by atoms with Gasteiger partial charge in [0.15, 0.2) is 0 Å². The molecule has 2 nitrogen and oxygen atoms in total. The van der Waals surface area contributed by atoms with Crippen molar-refractivity contribution in [2.45, 2.75) is 38.8 Å². The molecule has 0 saturated carbocycles. The third-order valence-corrected chi connectivity index (χ3v) is 3.89. The van der Waals surface area contributed by atoms with E-state index in [0.717, 1.165) is 19.6 Å². The number of nitrogens with one attached hydrogen (secondary N) is 1. The van der Waals surface area contributed by atoms with Crippen molar-refractivity contribution < 1.29 is 0 Å². The largest absolute Gasteiger partial charge is 0.369 e. The monoisotopic (exact) mass is 216 g/mol. The molecule has 86 valence electrons. The van der Waals surface area contributed by atoms with Crippen LogP contribution in [-0.4, -0.2) is 19.1 Å². The van der Waals surface area contributed by atoms with Crippen molar-refractivity contribution in [1.82, 2.24) is 5.32 Å². The molecule has 16 heavy (non-hydrogen) atoms. The van der Waals surface area contributed by atoms with Gasteiger partial charge in [0.25, 0.3) is 0 Å². The molecule has 1 aromatic carbocycles. The molecule has 0 aromatic heterocycles. The predicted octanol–water partition coefficient (Wildman–Crippen LogP) is 2.28. The maximum absolute atomic E-state index is 3.58. The third kappa shape index (κ3) is 1.36. The number of nitrogens with zero attached hydrogens (tertiary/aromatic N) is 1. The molecule has 2 aliphatic heterocycles. The van der Waals surface area contributed by atoms with E-state index in [2.05, 4.69) is 49.2 Å². The van der Waals surface area contributed by atoms with E-state index in [1.807, 2.05) is 0 Å². The molecule has 2 aliphatic rings. The Balaban J connectivity index is 2.16. The van der Waals surface area contributed by atoms with Crippen molar-refractivity contribution in [2.75, 3.05) is 18.0 Å². The van der Waals surface area contributed by atoms with Gasteiger partial charge in [0.05, 0.1) is 0 Å². The normalized spacial score (nSPS) is 26.4. The number of anilines is 1. The van der Waals surface area contributed by atoms with Crippen LogP contribution in [0.3, 0.4) is 0 Å². The van der Waals surface area contributed by atoms with Crippen LogP contribution in [0.25, 0.3) is 0 Å². The van der Waals surface area contributed by atoms with Gasteiger partial charge in [-0.25, -0.2) is 0 Å². The summed E-state index contributed by atoms with van der Waals surface area (Å²) in [7, 11) is 0. The average molecular weight is 216 g/mol. The summed E-state index contributed by atoms with van der Waals surface area (Å²) in [5.74, 6) is 0. The zero-order chi connectivity index (χ0) is 11.3. The van der Waals surface area contributed by atoms with Gasteiger partial charge in [-0.15, -0.1) is 0 Å². The van der Waals surface area contributed by atoms with E-state index in [1.165, 1.54) is 16.8 Å². The molecule has 3 rings (SSSR count). The van der Waals surface area contributed by atoms with E-state index in [4.69, 9.17) is 0 Å². The topological polar surface area (TPSA) is 15.3 Å². The van der Waals surface area contributed by atoms with Gasteiger partial charge in [-0.1, -0.05) is 32.0 Å².